The lowest BCUT2D eigenvalue weighted by Crippen LogP contribution is -2.49. The lowest BCUT2D eigenvalue weighted by Gasteiger charge is -2.13. The van der Waals surface area contributed by atoms with Gasteiger partial charge in [-0.25, -0.2) is 0 Å². The highest BCUT2D eigenvalue weighted by Gasteiger charge is 2.25. The van der Waals surface area contributed by atoms with E-state index < -0.39 is 23.4 Å². The van der Waals surface area contributed by atoms with Gasteiger partial charge in [0.1, 0.15) is 6.42 Å². The summed E-state index contributed by atoms with van der Waals surface area (Å²) in [5.74, 6) is -1.01. The summed E-state index contributed by atoms with van der Waals surface area (Å²) in [5, 5.41) is 0. The van der Waals surface area contributed by atoms with Gasteiger partial charge in [-0.1, -0.05) is 0 Å². The molecule has 1 fully saturated rings. The molecule has 1 heterocycles. The standard InChI is InChI=1S/C3H4N2O3S/c6-2-1-3(7)5-9(8)4-2/h1H2,(H,4,6)(H,5,7). The molecular weight excluding hydrogens is 144 g/mol. The van der Waals surface area contributed by atoms with E-state index in [1.165, 1.54) is 0 Å². The van der Waals surface area contributed by atoms with Crippen LogP contribution in [0.2, 0.25) is 0 Å². The fraction of sp³-hybridized carbons (Fsp3) is 0.333. The number of amides is 2. The van der Waals surface area contributed by atoms with Crippen molar-refractivity contribution in [3.8, 4) is 0 Å². The molecule has 0 atom stereocenters. The van der Waals surface area contributed by atoms with E-state index in [9.17, 15) is 14.1 Å². The van der Waals surface area contributed by atoms with Crippen LogP contribution in [0.25, 0.3) is 0 Å². The second-order valence-corrected chi connectivity index (χ2v) is 2.44. The van der Waals surface area contributed by atoms with Crippen LogP contribution in [0.3, 0.4) is 0 Å². The molecule has 2 N–H and O–H groups in total. The summed E-state index contributed by atoms with van der Waals surface area (Å²) >= 11 is -1.70. The van der Waals surface area contributed by atoms with E-state index in [4.69, 9.17) is 0 Å². The van der Waals surface area contributed by atoms with Crippen molar-refractivity contribution >= 4 is 23.4 Å². The monoisotopic (exact) mass is 148 g/mol. The topological polar surface area (TPSA) is 81.3 Å². The Bertz CT molecular complexity index is 143. The zero-order valence-electron chi connectivity index (χ0n) is 4.34. The molecule has 0 saturated carbocycles. The first-order valence-electron chi connectivity index (χ1n) is 2.19. The third kappa shape index (κ3) is 1.58. The van der Waals surface area contributed by atoms with Gasteiger partial charge < -0.3 is 4.55 Å². The van der Waals surface area contributed by atoms with E-state index in [0.717, 1.165) is 0 Å². The van der Waals surface area contributed by atoms with Crippen LogP contribution in [0.5, 0.6) is 0 Å². The highest BCUT2D eigenvalue weighted by Crippen LogP contribution is 1.91. The van der Waals surface area contributed by atoms with Crippen LogP contribution in [-0.4, -0.2) is 16.4 Å². The van der Waals surface area contributed by atoms with Crippen LogP contribution in [0, 0.1) is 0 Å². The molecule has 1 rings (SSSR count). The summed E-state index contributed by atoms with van der Waals surface area (Å²) in [6.07, 6.45) is -0.230. The summed E-state index contributed by atoms with van der Waals surface area (Å²) in [5.41, 5.74) is 0. The number of hydrogen-bond acceptors (Lipinski definition) is 3. The fourth-order valence-corrected chi connectivity index (χ4v) is 1.06. The van der Waals surface area contributed by atoms with Gasteiger partial charge in [-0.2, -0.15) is 0 Å². The lowest BCUT2D eigenvalue weighted by atomic mass is 10.4. The van der Waals surface area contributed by atoms with Crippen LogP contribution in [-0.2, 0) is 21.1 Å². The smallest absolute Gasteiger partial charge is 0.272 e. The van der Waals surface area contributed by atoms with Gasteiger partial charge in [0.15, 0.2) is 11.5 Å². The minimum atomic E-state index is -1.70. The normalized spacial score (nSPS) is 21.0. The second-order valence-electron chi connectivity index (χ2n) is 1.50. The molecule has 2 amide bonds. The van der Waals surface area contributed by atoms with Gasteiger partial charge in [0.05, 0.1) is 0 Å². The summed E-state index contributed by atoms with van der Waals surface area (Å²) in [6.45, 7) is 0. The Hall–Kier alpha value is -0.750. The first kappa shape index (κ1) is 6.37. The second kappa shape index (κ2) is 2.24. The highest BCUT2D eigenvalue weighted by atomic mass is 32.2. The predicted octanol–water partition coefficient (Wildman–Crippen LogP) is -1.80. The summed E-state index contributed by atoms with van der Waals surface area (Å²) in [4.78, 5) is 20.6. The molecule has 0 radical (unpaired) electrons. The molecule has 1 aliphatic rings. The van der Waals surface area contributed by atoms with Crippen molar-refractivity contribution < 1.29 is 14.1 Å². The molecule has 0 unspecified atom stereocenters. The van der Waals surface area contributed by atoms with E-state index in [0.29, 0.717) is 0 Å². The van der Waals surface area contributed by atoms with Crippen LogP contribution in [0.1, 0.15) is 6.42 Å². The summed E-state index contributed by atoms with van der Waals surface area (Å²) in [7, 11) is 0. The Morgan fingerprint density at radius 2 is 1.78 bits per heavy atom. The molecule has 0 aromatic rings. The van der Waals surface area contributed by atoms with Gasteiger partial charge >= 0.3 is 0 Å². The van der Waals surface area contributed by atoms with Gasteiger partial charge in [-0.05, 0) is 0 Å². The van der Waals surface area contributed by atoms with Crippen molar-refractivity contribution in [3.63, 3.8) is 0 Å². The molecule has 1 aliphatic heterocycles. The third-order valence-corrected chi connectivity index (χ3v) is 1.56. The summed E-state index contributed by atoms with van der Waals surface area (Å²) < 4.78 is 14.4. The predicted molar refractivity (Wildman–Crippen MR) is 29.0 cm³/mol. The molecule has 0 aliphatic carbocycles. The van der Waals surface area contributed by atoms with E-state index in [2.05, 4.69) is 0 Å². The SMILES string of the molecule is O=C1CC(=O)N[S+]([O-])N1. The fourth-order valence-electron chi connectivity index (χ4n) is 0.450. The zero-order valence-corrected chi connectivity index (χ0v) is 5.16. The Kier molecular flexibility index (Phi) is 1.58. The van der Waals surface area contributed by atoms with Crippen LogP contribution < -0.4 is 9.44 Å². The molecule has 0 spiro atoms. The molecule has 0 bridgehead atoms. The Labute approximate surface area is 54.3 Å². The van der Waals surface area contributed by atoms with Crippen molar-refractivity contribution in [2.24, 2.45) is 0 Å². The van der Waals surface area contributed by atoms with Crippen LogP contribution in [0.4, 0.5) is 0 Å². The van der Waals surface area contributed by atoms with Crippen LogP contribution in [0.15, 0.2) is 0 Å². The minimum Gasteiger partial charge on any atom is -0.568 e. The number of carbonyl (C=O) groups is 2. The van der Waals surface area contributed by atoms with Gasteiger partial charge in [0, 0.05) is 0 Å². The van der Waals surface area contributed by atoms with E-state index >= 15 is 0 Å². The van der Waals surface area contributed by atoms with Gasteiger partial charge in [0.25, 0.3) is 11.8 Å². The van der Waals surface area contributed by atoms with Crippen molar-refractivity contribution in [2.75, 3.05) is 0 Å². The van der Waals surface area contributed by atoms with Crippen molar-refractivity contribution in [3.05, 3.63) is 0 Å². The number of carbonyl (C=O) groups excluding carboxylic acids is 2. The molecule has 9 heavy (non-hydrogen) atoms. The molecule has 0 aromatic heterocycles. The third-order valence-electron chi connectivity index (χ3n) is 0.734. The molecule has 50 valence electrons. The quantitative estimate of drug-likeness (QED) is 0.314. The molecular formula is C3H4N2O3S. The van der Waals surface area contributed by atoms with E-state index in [-0.39, 0.29) is 6.42 Å². The lowest BCUT2D eigenvalue weighted by molar-refractivity contribution is -0.128. The van der Waals surface area contributed by atoms with E-state index in [1.54, 1.807) is 0 Å². The van der Waals surface area contributed by atoms with Crippen molar-refractivity contribution in [1.82, 2.24) is 9.44 Å². The first-order chi connectivity index (χ1) is 4.18. The molecule has 1 saturated heterocycles. The van der Waals surface area contributed by atoms with Gasteiger partial charge in [0.2, 0.25) is 0 Å². The van der Waals surface area contributed by atoms with Crippen molar-refractivity contribution in [2.45, 2.75) is 6.42 Å². The summed E-state index contributed by atoms with van der Waals surface area (Å²) in [6, 6.07) is 0. The maximum absolute atomic E-state index is 10.3. The number of nitrogens with one attached hydrogen (secondary N) is 2. The zero-order chi connectivity index (χ0) is 6.85. The van der Waals surface area contributed by atoms with Crippen LogP contribution >= 0.6 is 0 Å². The number of rotatable bonds is 0. The first-order valence-corrected chi connectivity index (χ1v) is 3.34. The Morgan fingerprint density at radius 3 is 2.11 bits per heavy atom. The number of hydrogen-bond donors (Lipinski definition) is 2. The minimum absolute atomic E-state index is 0.230. The maximum Gasteiger partial charge on any atom is 0.272 e. The highest BCUT2D eigenvalue weighted by molar-refractivity contribution is 7.88. The average Bonchev–Trinajstić information content (AvgIpc) is 1.59. The van der Waals surface area contributed by atoms with E-state index in [1.807, 2.05) is 9.44 Å². The molecule has 5 nitrogen and oxygen atoms in total. The Morgan fingerprint density at radius 1 is 1.33 bits per heavy atom. The Balaban J connectivity index is 2.53. The molecule has 6 heteroatoms. The largest absolute Gasteiger partial charge is 0.568 e. The van der Waals surface area contributed by atoms with Crippen molar-refractivity contribution in [1.29, 1.82) is 0 Å². The molecule has 0 aromatic carbocycles. The van der Waals surface area contributed by atoms with Gasteiger partial charge in [-0.3, -0.25) is 9.59 Å². The van der Waals surface area contributed by atoms with Gasteiger partial charge in [-0.15, -0.1) is 9.44 Å². The maximum atomic E-state index is 10.3. The average molecular weight is 148 g/mol.